The molecule has 2 atom stereocenters. The third-order valence-corrected chi connectivity index (χ3v) is 5.85. The normalized spacial score (nSPS) is 18.7. The summed E-state index contributed by atoms with van der Waals surface area (Å²) in [6.07, 6.45) is -1.02. The van der Waals surface area contributed by atoms with Crippen LogP contribution in [0.15, 0.2) is 47.0 Å². The molecule has 168 valence electrons. The van der Waals surface area contributed by atoms with Crippen LogP contribution in [0.2, 0.25) is 0 Å². The first-order valence-corrected chi connectivity index (χ1v) is 10.6. The number of benzene rings is 2. The topological polar surface area (TPSA) is 87.8 Å². The van der Waals surface area contributed by atoms with Crippen LogP contribution in [0.3, 0.4) is 0 Å². The summed E-state index contributed by atoms with van der Waals surface area (Å²) in [6, 6.07) is 12.3. The smallest absolute Gasteiger partial charge is 0.257 e. The van der Waals surface area contributed by atoms with E-state index in [1.807, 2.05) is 65.0 Å². The molecule has 1 aliphatic heterocycles. The maximum Gasteiger partial charge on any atom is 0.257 e. The van der Waals surface area contributed by atoms with Crippen molar-refractivity contribution in [3.05, 3.63) is 65.0 Å². The highest BCUT2D eigenvalue weighted by Crippen LogP contribution is 2.41. The first kappa shape index (κ1) is 21.9. The molecule has 1 amide bonds. The molecule has 2 heterocycles. The number of hydrogen-bond donors (Lipinski definition) is 2. The Morgan fingerprint density at radius 3 is 2.47 bits per heavy atom. The molecule has 7 heteroatoms. The fourth-order valence-corrected chi connectivity index (χ4v) is 4.45. The van der Waals surface area contributed by atoms with E-state index < -0.39 is 17.8 Å². The number of hydrogen-bond acceptors (Lipinski definition) is 6. The minimum absolute atomic E-state index is 0.143. The molecule has 3 aromatic rings. The first-order valence-electron chi connectivity index (χ1n) is 10.6. The van der Waals surface area contributed by atoms with Crippen molar-refractivity contribution in [3.63, 3.8) is 0 Å². The number of carbonyl (C=O) groups is 1. The lowest BCUT2D eigenvalue weighted by atomic mass is 9.93. The fourth-order valence-electron chi connectivity index (χ4n) is 4.45. The molecule has 0 bridgehead atoms. The number of aryl methyl sites for hydroxylation is 2. The summed E-state index contributed by atoms with van der Waals surface area (Å²) in [5.41, 5.74) is 3.85. The van der Waals surface area contributed by atoms with E-state index in [2.05, 4.69) is 10.5 Å². The van der Waals surface area contributed by atoms with Crippen LogP contribution in [0.1, 0.15) is 54.2 Å². The molecule has 0 spiro atoms. The molecule has 0 saturated carbocycles. The molecule has 0 saturated heterocycles. The Bertz CT molecular complexity index is 1140. The van der Waals surface area contributed by atoms with Crippen molar-refractivity contribution in [2.24, 2.45) is 0 Å². The van der Waals surface area contributed by atoms with E-state index in [0.29, 0.717) is 22.8 Å². The van der Waals surface area contributed by atoms with Gasteiger partial charge in [0.1, 0.15) is 23.8 Å². The number of anilines is 1. The number of nitrogens with one attached hydrogen (secondary N) is 1. The van der Waals surface area contributed by atoms with Gasteiger partial charge in [-0.15, -0.1) is 0 Å². The van der Waals surface area contributed by atoms with E-state index in [4.69, 9.17) is 9.26 Å². The Morgan fingerprint density at radius 1 is 1.12 bits per heavy atom. The Morgan fingerprint density at radius 2 is 1.84 bits per heavy atom. The maximum absolute atomic E-state index is 13.6. The van der Waals surface area contributed by atoms with Gasteiger partial charge in [0.2, 0.25) is 0 Å². The van der Waals surface area contributed by atoms with Crippen molar-refractivity contribution in [2.75, 3.05) is 12.4 Å². The molecule has 2 N–H and O–H groups in total. The number of nitrogens with zero attached hydrogens (tertiary/aromatic N) is 2. The molecule has 1 aromatic heterocycles. The zero-order valence-electron chi connectivity index (χ0n) is 19.3. The zero-order chi connectivity index (χ0) is 23.2. The van der Waals surface area contributed by atoms with Gasteiger partial charge in [-0.25, -0.2) is 0 Å². The number of amides is 1. The van der Waals surface area contributed by atoms with E-state index in [0.717, 1.165) is 22.4 Å². The van der Waals surface area contributed by atoms with Gasteiger partial charge >= 0.3 is 0 Å². The van der Waals surface area contributed by atoms with E-state index in [-0.39, 0.29) is 5.91 Å². The fraction of sp³-hybridized carbons (Fsp3) is 0.360. The lowest BCUT2D eigenvalue weighted by Crippen LogP contribution is -2.51. The number of aliphatic hydroxyl groups is 1. The SMILES string of the molecule is COc1cc(C2C(O)Nc3ccccc3C(=O)N2C(C)(C)C)ccc1-c1c(C)noc1C. The molecule has 0 radical (unpaired) electrons. The third-order valence-electron chi connectivity index (χ3n) is 5.85. The van der Waals surface area contributed by atoms with Crippen molar-refractivity contribution in [3.8, 4) is 16.9 Å². The Kier molecular flexibility index (Phi) is 5.46. The van der Waals surface area contributed by atoms with Gasteiger partial charge in [0, 0.05) is 16.8 Å². The highest BCUT2D eigenvalue weighted by Gasteiger charge is 2.42. The second-order valence-electron chi connectivity index (χ2n) is 9.08. The van der Waals surface area contributed by atoms with Gasteiger partial charge in [0.25, 0.3) is 5.91 Å². The van der Waals surface area contributed by atoms with Crippen molar-refractivity contribution in [1.29, 1.82) is 0 Å². The van der Waals surface area contributed by atoms with Crippen LogP contribution in [0, 0.1) is 13.8 Å². The van der Waals surface area contributed by atoms with Gasteiger partial charge in [-0.05, 0) is 58.4 Å². The predicted molar refractivity (Wildman–Crippen MR) is 123 cm³/mol. The number of aromatic nitrogens is 1. The Balaban J connectivity index is 1.86. The number of methoxy groups -OCH3 is 1. The monoisotopic (exact) mass is 435 g/mol. The lowest BCUT2D eigenvalue weighted by Gasteiger charge is -2.42. The van der Waals surface area contributed by atoms with Crippen molar-refractivity contribution >= 4 is 11.6 Å². The number of carbonyl (C=O) groups excluding carboxylic acids is 1. The van der Waals surface area contributed by atoms with Crippen LogP contribution in [-0.4, -0.2) is 39.9 Å². The molecule has 0 aliphatic carbocycles. The molecule has 0 fully saturated rings. The molecular weight excluding hydrogens is 406 g/mol. The van der Waals surface area contributed by atoms with Crippen LogP contribution in [0.5, 0.6) is 5.75 Å². The van der Waals surface area contributed by atoms with Crippen LogP contribution in [0.25, 0.3) is 11.1 Å². The molecule has 1 aliphatic rings. The summed E-state index contributed by atoms with van der Waals surface area (Å²) < 4.78 is 11.0. The summed E-state index contributed by atoms with van der Waals surface area (Å²) in [4.78, 5) is 15.4. The zero-order valence-corrected chi connectivity index (χ0v) is 19.3. The van der Waals surface area contributed by atoms with Crippen LogP contribution < -0.4 is 10.1 Å². The van der Waals surface area contributed by atoms with Crippen LogP contribution in [-0.2, 0) is 0 Å². The summed E-state index contributed by atoms with van der Waals surface area (Å²) in [7, 11) is 1.60. The predicted octanol–water partition coefficient (Wildman–Crippen LogP) is 4.69. The van der Waals surface area contributed by atoms with Gasteiger partial charge in [-0.1, -0.05) is 29.4 Å². The van der Waals surface area contributed by atoms with E-state index in [1.165, 1.54) is 0 Å². The van der Waals surface area contributed by atoms with Gasteiger partial charge in [0.15, 0.2) is 0 Å². The number of fused-ring (bicyclic) bond motifs is 1. The molecular formula is C25H29N3O4. The molecule has 2 unspecified atom stereocenters. The number of aliphatic hydroxyl groups excluding tert-OH is 1. The van der Waals surface area contributed by atoms with Gasteiger partial charge in [-0.2, -0.15) is 0 Å². The van der Waals surface area contributed by atoms with E-state index in [9.17, 15) is 9.90 Å². The minimum Gasteiger partial charge on any atom is -0.496 e. The maximum atomic E-state index is 13.6. The lowest BCUT2D eigenvalue weighted by molar-refractivity contribution is 0.0133. The average molecular weight is 436 g/mol. The summed E-state index contributed by atoms with van der Waals surface area (Å²) in [5.74, 6) is 1.18. The van der Waals surface area contributed by atoms with Gasteiger partial charge in [-0.3, -0.25) is 4.79 Å². The summed E-state index contributed by atoms with van der Waals surface area (Å²) in [5, 5.41) is 18.4. The number of para-hydroxylation sites is 1. The van der Waals surface area contributed by atoms with Crippen molar-refractivity contribution in [2.45, 2.75) is 52.4 Å². The first-order chi connectivity index (χ1) is 15.1. The van der Waals surface area contributed by atoms with Crippen molar-refractivity contribution in [1.82, 2.24) is 10.1 Å². The highest BCUT2D eigenvalue weighted by atomic mass is 16.5. The average Bonchev–Trinajstić information content (AvgIpc) is 3.02. The molecule has 7 nitrogen and oxygen atoms in total. The van der Waals surface area contributed by atoms with Gasteiger partial charge in [0.05, 0.1) is 23.9 Å². The number of ether oxygens (including phenoxy) is 1. The Hall–Kier alpha value is -3.32. The summed E-state index contributed by atoms with van der Waals surface area (Å²) >= 11 is 0. The molecule has 4 rings (SSSR count). The number of rotatable bonds is 3. The standard InChI is InChI=1S/C25H29N3O4/c1-14-21(15(2)32-27-14)18-12-11-16(13-20(18)31-6)22-23(29)26-19-10-8-7-9-17(19)24(30)28(22)25(3,4)5/h7-13,22-23,26,29H,1-6H3. The van der Waals surface area contributed by atoms with Crippen molar-refractivity contribution < 1.29 is 19.2 Å². The third kappa shape index (κ3) is 3.62. The summed E-state index contributed by atoms with van der Waals surface area (Å²) in [6.45, 7) is 9.64. The minimum atomic E-state index is -1.02. The largest absolute Gasteiger partial charge is 0.496 e. The second kappa shape index (κ2) is 7.98. The highest BCUT2D eigenvalue weighted by molar-refractivity contribution is 6.01. The second-order valence-corrected chi connectivity index (χ2v) is 9.08. The molecule has 32 heavy (non-hydrogen) atoms. The van der Waals surface area contributed by atoms with E-state index in [1.54, 1.807) is 24.1 Å². The van der Waals surface area contributed by atoms with Crippen LogP contribution >= 0.6 is 0 Å². The van der Waals surface area contributed by atoms with E-state index >= 15 is 0 Å². The van der Waals surface area contributed by atoms with Gasteiger partial charge < -0.3 is 24.6 Å². The Labute approximate surface area is 188 Å². The quantitative estimate of drug-likeness (QED) is 0.620. The molecule has 2 aromatic carbocycles. The van der Waals surface area contributed by atoms with Crippen LogP contribution in [0.4, 0.5) is 5.69 Å².